The van der Waals surface area contributed by atoms with Gasteiger partial charge in [-0.15, -0.1) is 0 Å². The van der Waals surface area contributed by atoms with Crippen LogP contribution >= 0.6 is 0 Å². The predicted molar refractivity (Wildman–Crippen MR) is 165 cm³/mol. The molecular formula is C31H38N4O9Si. The molecule has 3 fully saturated rings. The molecule has 13 nitrogen and oxygen atoms in total. The van der Waals surface area contributed by atoms with Crippen molar-refractivity contribution >= 4 is 43.3 Å². The van der Waals surface area contributed by atoms with E-state index in [2.05, 4.69) is 0 Å². The molecule has 4 aliphatic rings. The second-order valence-corrected chi connectivity index (χ2v) is 16.9. The predicted octanol–water partition coefficient (Wildman–Crippen LogP) is 3.27. The number of fused-ring (bicyclic) bond motifs is 2. The Morgan fingerprint density at radius 1 is 1.18 bits per heavy atom. The van der Waals surface area contributed by atoms with Crippen LogP contribution in [0.4, 0.5) is 21.9 Å². The number of carbonyl (C=O) groups is 3. The third-order valence-electron chi connectivity index (χ3n) is 9.79. The van der Waals surface area contributed by atoms with Gasteiger partial charge in [-0.05, 0) is 49.7 Å². The number of aliphatic hydroxyl groups is 1. The van der Waals surface area contributed by atoms with Gasteiger partial charge in [-0.25, -0.2) is 4.79 Å². The van der Waals surface area contributed by atoms with Crippen molar-refractivity contribution in [3.8, 4) is 0 Å². The van der Waals surface area contributed by atoms with Gasteiger partial charge in [0.2, 0.25) is 5.91 Å². The lowest BCUT2D eigenvalue weighted by Gasteiger charge is -2.32. The summed E-state index contributed by atoms with van der Waals surface area (Å²) in [6.45, 7) is 6.47. The van der Waals surface area contributed by atoms with Crippen LogP contribution in [0.2, 0.25) is 18.6 Å². The fraction of sp³-hybridized carbons (Fsp3) is 0.516. The molecule has 45 heavy (non-hydrogen) atoms. The molecule has 2 aromatic carbocycles. The number of amides is 3. The number of hydrogen-bond acceptors (Lipinski definition) is 9. The second kappa shape index (κ2) is 11.5. The molecule has 0 bridgehead atoms. The third kappa shape index (κ3) is 5.19. The fourth-order valence-electron chi connectivity index (χ4n) is 7.81. The van der Waals surface area contributed by atoms with E-state index in [9.17, 15) is 34.4 Å². The minimum Gasteiger partial charge on any atom is -0.447 e. The van der Waals surface area contributed by atoms with Gasteiger partial charge in [-0.2, -0.15) is 0 Å². The van der Waals surface area contributed by atoms with Crippen LogP contribution in [0.25, 0.3) is 0 Å². The van der Waals surface area contributed by atoms with Gasteiger partial charge in [0, 0.05) is 41.4 Å². The SMILES string of the molecule is C[C@@H]1[C@@H]([Si](C)(C)O)[C@H](CC(=O)N2CCC[C@H]2CO)O[C@@]12C(=O)N(Cc1cccc(N3CCOC3=O)c1)c1ccc([N+](=O)[O-])cc12. The standard InChI is InChI=1S/C31H38N4O9Si/c1-19-28(45(2,3)42)26(16-27(37)32-11-5-8-23(32)18-36)44-31(19)24-15-22(35(40)41)9-10-25(24)34(29(31)38)17-20-6-4-7-21(14-20)33-12-13-43-30(33)39/h4,6-7,9-10,14-15,19,23,26,28,36,42H,5,8,11-13,16-18H2,1-3H3/t19-,23+,26+,28-,31+/m1/s1. The van der Waals surface area contributed by atoms with E-state index < -0.39 is 48.4 Å². The number of anilines is 2. The lowest BCUT2D eigenvalue weighted by Crippen LogP contribution is -2.46. The van der Waals surface area contributed by atoms with Crippen molar-refractivity contribution in [2.45, 2.75) is 69.1 Å². The van der Waals surface area contributed by atoms with E-state index >= 15 is 0 Å². The van der Waals surface area contributed by atoms with E-state index in [-0.39, 0.29) is 43.8 Å². The summed E-state index contributed by atoms with van der Waals surface area (Å²) in [7, 11) is -3.09. The minimum atomic E-state index is -3.09. The first-order valence-corrected chi connectivity index (χ1v) is 18.3. The molecule has 4 aliphatic heterocycles. The Morgan fingerprint density at radius 2 is 1.96 bits per heavy atom. The molecule has 0 aromatic heterocycles. The molecule has 2 aromatic rings. The van der Waals surface area contributed by atoms with Crippen LogP contribution in [0.5, 0.6) is 0 Å². The van der Waals surface area contributed by atoms with Gasteiger partial charge >= 0.3 is 6.09 Å². The summed E-state index contributed by atoms with van der Waals surface area (Å²) in [4.78, 5) is 68.0. The molecule has 0 aliphatic carbocycles. The summed E-state index contributed by atoms with van der Waals surface area (Å²) >= 11 is 0. The zero-order valence-corrected chi connectivity index (χ0v) is 26.5. The largest absolute Gasteiger partial charge is 0.447 e. The number of aliphatic hydroxyl groups excluding tert-OH is 1. The Morgan fingerprint density at radius 3 is 2.62 bits per heavy atom. The van der Waals surface area contributed by atoms with Crippen LogP contribution in [0, 0.1) is 16.0 Å². The number of ether oxygens (including phenoxy) is 2. The zero-order valence-electron chi connectivity index (χ0n) is 25.5. The van der Waals surface area contributed by atoms with Crippen LogP contribution in [0.3, 0.4) is 0 Å². The summed E-state index contributed by atoms with van der Waals surface area (Å²) in [5, 5.41) is 21.7. The molecule has 1 spiro atoms. The van der Waals surface area contributed by atoms with Crippen LogP contribution in [0.15, 0.2) is 42.5 Å². The van der Waals surface area contributed by atoms with Gasteiger partial charge in [-0.3, -0.25) is 24.6 Å². The Bertz CT molecular complexity index is 1550. The molecule has 2 N–H and O–H groups in total. The summed E-state index contributed by atoms with van der Waals surface area (Å²) in [6, 6.07) is 11.2. The lowest BCUT2D eigenvalue weighted by atomic mass is 9.82. The molecule has 3 saturated heterocycles. The first-order valence-electron chi connectivity index (χ1n) is 15.3. The normalized spacial score (nSPS) is 27.9. The highest BCUT2D eigenvalue weighted by Crippen LogP contribution is 2.60. The molecule has 0 radical (unpaired) electrons. The number of non-ortho nitro benzene ring substituents is 1. The highest BCUT2D eigenvalue weighted by Gasteiger charge is 2.66. The smallest absolute Gasteiger partial charge is 0.414 e. The minimum absolute atomic E-state index is 0.0875. The van der Waals surface area contributed by atoms with Crippen molar-refractivity contribution < 1.29 is 38.7 Å². The summed E-state index contributed by atoms with van der Waals surface area (Å²) < 4.78 is 11.8. The molecular weight excluding hydrogens is 600 g/mol. The average Bonchev–Trinajstić information content (AvgIpc) is 3.76. The quantitative estimate of drug-likeness (QED) is 0.251. The first kappa shape index (κ1) is 31.1. The van der Waals surface area contributed by atoms with Crippen molar-refractivity contribution in [2.75, 3.05) is 36.1 Å². The van der Waals surface area contributed by atoms with Crippen LogP contribution in [0.1, 0.15) is 37.3 Å². The highest BCUT2D eigenvalue weighted by atomic mass is 28.4. The van der Waals surface area contributed by atoms with Crippen molar-refractivity contribution in [2.24, 2.45) is 5.92 Å². The summed E-state index contributed by atoms with van der Waals surface area (Å²) in [5.74, 6) is -1.26. The fourth-order valence-corrected chi connectivity index (χ4v) is 10.4. The summed E-state index contributed by atoms with van der Waals surface area (Å²) in [5.41, 5.74) is -0.281. The molecule has 4 heterocycles. The van der Waals surface area contributed by atoms with E-state index in [0.717, 1.165) is 12.0 Å². The van der Waals surface area contributed by atoms with Crippen molar-refractivity contribution in [3.63, 3.8) is 0 Å². The third-order valence-corrected chi connectivity index (χ3v) is 12.3. The number of likely N-dealkylation sites (tertiary alicyclic amines) is 1. The van der Waals surface area contributed by atoms with Crippen LogP contribution < -0.4 is 9.80 Å². The van der Waals surface area contributed by atoms with Crippen molar-refractivity contribution in [1.29, 1.82) is 0 Å². The number of benzene rings is 2. The maximum Gasteiger partial charge on any atom is 0.414 e. The maximum absolute atomic E-state index is 14.7. The number of carbonyl (C=O) groups excluding carboxylic acids is 3. The molecule has 0 saturated carbocycles. The monoisotopic (exact) mass is 638 g/mol. The van der Waals surface area contributed by atoms with E-state index in [1.54, 1.807) is 42.3 Å². The molecule has 240 valence electrons. The van der Waals surface area contributed by atoms with Gasteiger partial charge in [0.1, 0.15) is 6.61 Å². The highest BCUT2D eigenvalue weighted by molar-refractivity contribution is 6.71. The topological polar surface area (TPSA) is 163 Å². The van der Waals surface area contributed by atoms with E-state index in [4.69, 9.17) is 9.47 Å². The van der Waals surface area contributed by atoms with Crippen molar-refractivity contribution in [3.05, 3.63) is 63.7 Å². The Balaban J connectivity index is 1.39. The van der Waals surface area contributed by atoms with Gasteiger partial charge in [0.25, 0.3) is 11.6 Å². The maximum atomic E-state index is 14.7. The van der Waals surface area contributed by atoms with Gasteiger partial charge in [0.05, 0.1) is 48.9 Å². The van der Waals surface area contributed by atoms with Crippen LogP contribution in [-0.2, 0) is 31.2 Å². The Hall–Kier alpha value is -3.85. The number of hydrogen-bond donors (Lipinski definition) is 2. The van der Waals surface area contributed by atoms with Gasteiger partial charge in [-0.1, -0.05) is 19.1 Å². The first-order chi connectivity index (χ1) is 21.4. The number of nitro benzene ring substituents is 1. The average molecular weight is 639 g/mol. The molecule has 6 rings (SSSR count). The Labute approximate surface area is 261 Å². The number of cyclic esters (lactones) is 1. The van der Waals surface area contributed by atoms with Crippen molar-refractivity contribution in [1.82, 2.24) is 4.90 Å². The number of rotatable bonds is 8. The number of nitrogens with zero attached hydrogens (tertiary/aromatic N) is 4. The summed E-state index contributed by atoms with van der Waals surface area (Å²) in [6.07, 6.45) is 0.116. The molecule has 5 atom stereocenters. The Kier molecular flexibility index (Phi) is 7.96. The van der Waals surface area contributed by atoms with E-state index in [1.807, 2.05) is 13.0 Å². The van der Waals surface area contributed by atoms with Gasteiger partial charge in [0.15, 0.2) is 13.9 Å². The van der Waals surface area contributed by atoms with E-state index in [1.165, 1.54) is 21.9 Å². The number of nitro groups is 1. The van der Waals surface area contributed by atoms with E-state index in [0.29, 0.717) is 36.4 Å². The van der Waals surface area contributed by atoms with Gasteiger partial charge < -0.3 is 29.2 Å². The molecule has 14 heteroatoms. The lowest BCUT2D eigenvalue weighted by molar-refractivity contribution is -0.385. The second-order valence-electron chi connectivity index (χ2n) is 12.9. The van der Waals surface area contributed by atoms with Crippen LogP contribution in [-0.4, -0.2) is 84.4 Å². The molecule has 0 unspecified atom stereocenters. The zero-order chi connectivity index (χ0) is 32.3. The molecule has 3 amide bonds.